The highest BCUT2D eigenvalue weighted by atomic mass is 15.3. The Morgan fingerprint density at radius 2 is 2.00 bits per heavy atom. The zero-order chi connectivity index (χ0) is 10.3. The highest BCUT2D eigenvalue weighted by Gasteiger charge is 2.01. The van der Waals surface area contributed by atoms with E-state index < -0.39 is 0 Å². The van der Waals surface area contributed by atoms with Crippen LogP contribution in [0.15, 0.2) is 12.4 Å². The number of hydrogen-bond donors (Lipinski definition) is 0. The second-order valence-corrected chi connectivity index (χ2v) is 2.94. The molecule has 0 radical (unpaired) electrons. The van der Waals surface area contributed by atoms with Crippen LogP contribution < -0.4 is 0 Å². The molecule has 0 saturated heterocycles. The van der Waals surface area contributed by atoms with Crippen molar-refractivity contribution in [3.8, 4) is 0 Å². The Hall–Kier alpha value is -0.790. The van der Waals surface area contributed by atoms with Crippen LogP contribution in [0.4, 0.5) is 0 Å². The molecule has 0 aromatic carbocycles. The molecule has 1 aromatic heterocycles. The van der Waals surface area contributed by atoms with Crippen molar-refractivity contribution in [3.05, 3.63) is 18.0 Å². The lowest BCUT2D eigenvalue weighted by Gasteiger charge is -2.07. The van der Waals surface area contributed by atoms with Gasteiger partial charge in [0.15, 0.2) is 0 Å². The molecule has 0 bridgehead atoms. The number of nitrogens with zero attached hydrogens (tertiary/aromatic N) is 2. The molecule has 76 valence electrons. The Bertz CT molecular complexity index is 216. The van der Waals surface area contributed by atoms with Gasteiger partial charge in [0.25, 0.3) is 0 Å². The van der Waals surface area contributed by atoms with Crippen LogP contribution in [-0.4, -0.2) is 9.78 Å². The summed E-state index contributed by atoms with van der Waals surface area (Å²) < 4.78 is 2.04. The quantitative estimate of drug-likeness (QED) is 0.700. The third-order valence-electron chi connectivity index (χ3n) is 2.11. The lowest BCUT2D eigenvalue weighted by Crippen LogP contribution is -2.03. The van der Waals surface area contributed by atoms with Gasteiger partial charge in [-0.15, -0.1) is 0 Å². The SMILES string of the molecule is CC.CCc1cnn(C(C)CC)c1. The monoisotopic (exact) mass is 182 g/mol. The van der Waals surface area contributed by atoms with Gasteiger partial charge in [-0.25, -0.2) is 0 Å². The van der Waals surface area contributed by atoms with E-state index in [0.29, 0.717) is 6.04 Å². The molecule has 0 spiro atoms. The standard InChI is InChI=1S/C9H16N2.C2H6/c1-4-8(3)11-7-9(5-2)6-10-11;1-2/h6-8H,4-5H2,1-3H3;1-2H3. The average molecular weight is 182 g/mol. The summed E-state index contributed by atoms with van der Waals surface area (Å²) in [6, 6.07) is 0.537. The van der Waals surface area contributed by atoms with Gasteiger partial charge >= 0.3 is 0 Å². The van der Waals surface area contributed by atoms with Gasteiger partial charge in [-0.05, 0) is 25.3 Å². The number of hydrogen-bond acceptors (Lipinski definition) is 1. The Morgan fingerprint density at radius 3 is 2.38 bits per heavy atom. The summed E-state index contributed by atoms with van der Waals surface area (Å²) in [5, 5.41) is 4.27. The van der Waals surface area contributed by atoms with Crippen LogP contribution >= 0.6 is 0 Å². The predicted octanol–water partition coefficient (Wildman–Crippen LogP) is 3.44. The van der Waals surface area contributed by atoms with Gasteiger partial charge in [0.05, 0.1) is 6.20 Å². The van der Waals surface area contributed by atoms with Crippen LogP contribution in [-0.2, 0) is 6.42 Å². The van der Waals surface area contributed by atoms with Gasteiger partial charge in [0, 0.05) is 12.2 Å². The van der Waals surface area contributed by atoms with Crippen LogP contribution in [0.3, 0.4) is 0 Å². The molecule has 0 amide bonds. The lowest BCUT2D eigenvalue weighted by molar-refractivity contribution is 0.477. The molecule has 0 aliphatic heterocycles. The average Bonchev–Trinajstić information content (AvgIpc) is 2.68. The maximum atomic E-state index is 4.27. The molecule has 0 saturated carbocycles. The van der Waals surface area contributed by atoms with Crippen LogP contribution in [0.25, 0.3) is 0 Å². The number of aromatic nitrogens is 2. The molecule has 1 rings (SSSR count). The Kier molecular flexibility index (Phi) is 6.29. The maximum absolute atomic E-state index is 4.27. The van der Waals surface area contributed by atoms with E-state index in [4.69, 9.17) is 0 Å². The van der Waals surface area contributed by atoms with Gasteiger partial charge in [0.2, 0.25) is 0 Å². The van der Waals surface area contributed by atoms with Gasteiger partial charge in [0.1, 0.15) is 0 Å². The van der Waals surface area contributed by atoms with Crippen molar-refractivity contribution >= 4 is 0 Å². The molecule has 2 heteroatoms. The van der Waals surface area contributed by atoms with Gasteiger partial charge in [-0.1, -0.05) is 27.7 Å². The van der Waals surface area contributed by atoms with Crippen LogP contribution in [0, 0.1) is 0 Å². The van der Waals surface area contributed by atoms with E-state index in [2.05, 4.69) is 32.1 Å². The van der Waals surface area contributed by atoms with E-state index in [0.717, 1.165) is 12.8 Å². The second kappa shape index (κ2) is 6.70. The Balaban J connectivity index is 0.000000671. The first-order valence-corrected chi connectivity index (χ1v) is 5.31. The van der Waals surface area contributed by atoms with Gasteiger partial charge in [-0.2, -0.15) is 5.10 Å². The van der Waals surface area contributed by atoms with Crippen LogP contribution in [0.1, 0.15) is 52.6 Å². The summed E-state index contributed by atoms with van der Waals surface area (Å²) in [6.45, 7) is 10.5. The van der Waals surface area contributed by atoms with Crippen molar-refractivity contribution in [2.75, 3.05) is 0 Å². The fraction of sp³-hybridized carbons (Fsp3) is 0.727. The predicted molar refractivity (Wildman–Crippen MR) is 58.0 cm³/mol. The van der Waals surface area contributed by atoms with E-state index >= 15 is 0 Å². The van der Waals surface area contributed by atoms with Crippen molar-refractivity contribution in [1.82, 2.24) is 9.78 Å². The normalized spacial score (nSPS) is 11.8. The first kappa shape index (κ1) is 12.2. The molecule has 2 nitrogen and oxygen atoms in total. The lowest BCUT2D eigenvalue weighted by atomic mass is 10.2. The summed E-state index contributed by atoms with van der Waals surface area (Å²) in [5.41, 5.74) is 1.32. The molecule has 1 heterocycles. The topological polar surface area (TPSA) is 17.8 Å². The second-order valence-electron chi connectivity index (χ2n) is 2.94. The van der Waals surface area contributed by atoms with Crippen molar-refractivity contribution < 1.29 is 0 Å². The minimum absolute atomic E-state index is 0.537. The summed E-state index contributed by atoms with van der Waals surface area (Å²) in [4.78, 5) is 0. The minimum atomic E-state index is 0.537. The molecule has 1 unspecified atom stereocenters. The van der Waals surface area contributed by atoms with Crippen molar-refractivity contribution in [3.63, 3.8) is 0 Å². The van der Waals surface area contributed by atoms with E-state index in [9.17, 15) is 0 Å². The van der Waals surface area contributed by atoms with Gasteiger partial charge in [-0.3, -0.25) is 4.68 Å². The molecule has 1 aromatic rings. The summed E-state index contributed by atoms with van der Waals surface area (Å²) in [5.74, 6) is 0. The smallest absolute Gasteiger partial charge is 0.0521 e. The van der Waals surface area contributed by atoms with E-state index in [-0.39, 0.29) is 0 Å². The van der Waals surface area contributed by atoms with E-state index in [1.165, 1.54) is 5.56 Å². The molecule has 0 aliphatic carbocycles. The maximum Gasteiger partial charge on any atom is 0.0521 e. The van der Waals surface area contributed by atoms with Crippen LogP contribution in [0.2, 0.25) is 0 Å². The van der Waals surface area contributed by atoms with Crippen molar-refractivity contribution in [2.45, 2.75) is 53.5 Å². The molecule has 13 heavy (non-hydrogen) atoms. The highest BCUT2D eigenvalue weighted by Crippen LogP contribution is 2.09. The fourth-order valence-corrected chi connectivity index (χ4v) is 0.988. The zero-order valence-electron chi connectivity index (χ0n) is 9.54. The molecule has 1 atom stereocenters. The van der Waals surface area contributed by atoms with E-state index in [1.54, 1.807) is 0 Å². The third kappa shape index (κ3) is 3.62. The third-order valence-corrected chi connectivity index (χ3v) is 2.11. The Labute approximate surface area is 82.0 Å². The molecular formula is C11H22N2. The molecule has 0 fully saturated rings. The minimum Gasteiger partial charge on any atom is -0.270 e. The summed E-state index contributed by atoms with van der Waals surface area (Å²) in [6.07, 6.45) is 6.31. The van der Waals surface area contributed by atoms with Crippen molar-refractivity contribution in [2.24, 2.45) is 0 Å². The summed E-state index contributed by atoms with van der Waals surface area (Å²) in [7, 11) is 0. The number of rotatable bonds is 3. The van der Waals surface area contributed by atoms with Crippen molar-refractivity contribution in [1.29, 1.82) is 0 Å². The largest absolute Gasteiger partial charge is 0.270 e. The van der Waals surface area contributed by atoms with Crippen LogP contribution in [0.5, 0.6) is 0 Å². The molecule has 0 N–H and O–H groups in total. The fourth-order valence-electron chi connectivity index (χ4n) is 0.988. The number of aryl methyl sites for hydroxylation is 1. The Morgan fingerprint density at radius 1 is 1.38 bits per heavy atom. The zero-order valence-corrected chi connectivity index (χ0v) is 9.54. The van der Waals surface area contributed by atoms with E-state index in [1.807, 2.05) is 24.7 Å². The first-order chi connectivity index (χ1) is 6.27. The van der Waals surface area contributed by atoms with Gasteiger partial charge < -0.3 is 0 Å². The summed E-state index contributed by atoms with van der Waals surface area (Å²) >= 11 is 0. The molecular weight excluding hydrogens is 160 g/mol. The highest BCUT2D eigenvalue weighted by molar-refractivity contribution is 5.03. The first-order valence-electron chi connectivity index (χ1n) is 5.31. The molecule has 0 aliphatic rings.